The lowest BCUT2D eigenvalue weighted by Crippen LogP contribution is -2.13. The van der Waals surface area contributed by atoms with Crippen LogP contribution < -0.4 is 10.1 Å². The Morgan fingerprint density at radius 1 is 1.14 bits per heavy atom. The van der Waals surface area contributed by atoms with Gasteiger partial charge in [0.25, 0.3) is 0 Å². The van der Waals surface area contributed by atoms with Gasteiger partial charge in [0.2, 0.25) is 5.91 Å². The molecule has 1 N–H and O–H groups in total. The van der Waals surface area contributed by atoms with Crippen molar-refractivity contribution in [3.8, 4) is 5.75 Å². The summed E-state index contributed by atoms with van der Waals surface area (Å²) in [6.45, 7) is 2.52. The zero-order valence-corrected chi connectivity index (χ0v) is 12.6. The lowest BCUT2D eigenvalue weighted by Gasteiger charge is -2.06. The van der Waals surface area contributed by atoms with Crippen molar-refractivity contribution in [2.75, 3.05) is 11.9 Å². The minimum atomic E-state index is -0.163. The van der Waals surface area contributed by atoms with Crippen molar-refractivity contribution in [1.82, 2.24) is 0 Å². The molecule has 0 bridgehead atoms. The zero-order valence-electron chi connectivity index (χ0n) is 11.8. The monoisotopic (exact) mass is 303 g/mol. The Morgan fingerprint density at radius 3 is 2.52 bits per heavy atom. The maximum atomic E-state index is 11.8. The second kappa shape index (κ2) is 7.59. The highest BCUT2D eigenvalue weighted by atomic mass is 32.1. The van der Waals surface area contributed by atoms with E-state index in [1.165, 1.54) is 11.3 Å². The highest BCUT2D eigenvalue weighted by Crippen LogP contribution is 2.16. The van der Waals surface area contributed by atoms with Crippen LogP contribution in [0.3, 0.4) is 0 Å². The van der Waals surface area contributed by atoms with E-state index in [2.05, 4.69) is 5.32 Å². The van der Waals surface area contributed by atoms with Gasteiger partial charge in [-0.1, -0.05) is 6.07 Å². The molecule has 0 atom stereocenters. The Labute approximate surface area is 127 Å². The van der Waals surface area contributed by atoms with Crippen LogP contribution in [-0.4, -0.2) is 18.3 Å². The van der Waals surface area contributed by atoms with Gasteiger partial charge in [-0.3, -0.25) is 9.59 Å². The summed E-state index contributed by atoms with van der Waals surface area (Å²) in [5, 5.41) is 4.62. The molecule has 0 saturated heterocycles. The quantitative estimate of drug-likeness (QED) is 0.793. The van der Waals surface area contributed by atoms with Gasteiger partial charge in [0.1, 0.15) is 5.75 Å². The molecule has 21 heavy (non-hydrogen) atoms. The number of ether oxygens (including phenoxy) is 1. The Bertz CT molecular complexity index is 590. The molecule has 0 fully saturated rings. The van der Waals surface area contributed by atoms with Crippen LogP contribution in [0.15, 0.2) is 41.8 Å². The molecule has 0 saturated carbocycles. The topological polar surface area (TPSA) is 55.4 Å². The predicted molar refractivity (Wildman–Crippen MR) is 84.1 cm³/mol. The largest absolute Gasteiger partial charge is 0.494 e. The summed E-state index contributed by atoms with van der Waals surface area (Å²) in [4.78, 5) is 24.3. The van der Waals surface area contributed by atoms with E-state index in [4.69, 9.17) is 4.74 Å². The van der Waals surface area contributed by atoms with E-state index in [1.807, 2.05) is 18.4 Å². The van der Waals surface area contributed by atoms with E-state index in [9.17, 15) is 9.59 Å². The fraction of sp³-hybridized carbons (Fsp3) is 0.250. The van der Waals surface area contributed by atoms with Gasteiger partial charge < -0.3 is 10.1 Å². The fourth-order valence-electron chi connectivity index (χ4n) is 1.81. The number of anilines is 1. The first-order chi connectivity index (χ1) is 10.2. The molecule has 1 heterocycles. The van der Waals surface area contributed by atoms with E-state index in [0.29, 0.717) is 17.2 Å². The second-order valence-corrected chi connectivity index (χ2v) is 5.35. The number of rotatable bonds is 7. The second-order valence-electron chi connectivity index (χ2n) is 4.41. The molecule has 1 aromatic heterocycles. The van der Waals surface area contributed by atoms with Gasteiger partial charge in [-0.05, 0) is 42.6 Å². The van der Waals surface area contributed by atoms with Gasteiger partial charge in [-0.25, -0.2) is 0 Å². The van der Waals surface area contributed by atoms with Crippen LogP contribution in [0.4, 0.5) is 5.69 Å². The van der Waals surface area contributed by atoms with E-state index in [1.54, 1.807) is 30.3 Å². The van der Waals surface area contributed by atoms with Crippen LogP contribution in [0.25, 0.3) is 0 Å². The third-order valence-corrected chi connectivity index (χ3v) is 3.74. The molecular weight excluding hydrogens is 286 g/mol. The molecule has 110 valence electrons. The van der Waals surface area contributed by atoms with Crippen LogP contribution in [0.1, 0.15) is 29.4 Å². The van der Waals surface area contributed by atoms with Gasteiger partial charge in [-0.15, -0.1) is 11.3 Å². The van der Waals surface area contributed by atoms with Gasteiger partial charge in [0.15, 0.2) is 5.78 Å². The minimum absolute atomic E-state index is 0.00634. The van der Waals surface area contributed by atoms with Gasteiger partial charge in [-0.2, -0.15) is 0 Å². The summed E-state index contributed by atoms with van der Waals surface area (Å²) in [5.74, 6) is 0.610. The number of carbonyl (C=O) groups excluding carboxylic acids is 2. The normalized spacial score (nSPS) is 10.1. The first kappa shape index (κ1) is 15.3. The highest BCUT2D eigenvalue weighted by Gasteiger charge is 2.10. The summed E-state index contributed by atoms with van der Waals surface area (Å²) in [6.07, 6.45) is 0.410. The average molecular weight is 303 g/mol. The Kier molecular flexibility index (Phi) is 5.51. The standard InChI is InChI=1S/C16H17NO3S/c1-2-20-13-7-5-12(6-8-13)17-16(19)10-9-14(18)15-4-3-11-21-15/h3-8,11H,2,9-10H2,1H3,(H,17,19). The van der Waals surface area contributed by atoms with E-state index in [0.717, 1.165) is 5.75 Å². The molecule has 0 aliphatic carbocycles. The molecule has 0 aliphatic rings. The van der Waals surface area contributed by atoms with Crippen molar-refractivity contribution < 1.29 is 14.3 Å². The van der Waals surface area contributed by atoms with Crippen LogP contribution in [0.5, 0.6) is 5.75 Å². The minimum Gasteiger partial charge on any atom is -0.494 e. The molecule has 2 rings (SSSR count). The Balaban J connectivity index is 1.80. The number of benzene rings is 1. The van der Waals surface area contributed by atoms with Gasteiger partial charge >= 0.3 is 0 Å². The van der Waals surface area contributed by atoms with Crippen molar-refractivity contribution in [2.24, 2.45) is 0 Å². The SMILES string of the molecule is CCOc1ccc(NC(=O)CCC(=O)c2cccs2)cc1. The lowest BCUT2D eigenvalue weighted by molar-refractivity contribution is -0.116. The molecule has 1 aromatic carbocycles. The van der Waals surface area contributed by atoms with Crippen molar-refractivity contribution in [1.29, 1.82) is 0 Å². The van der Waals surface area contributed by atoms with Crippen molar-refractivity contribution in [3.05, 3.63) is 46.7 Å². The number of Topliss-reactive ketones (excluding diaryl/α,β-unsaturated/α-hetero) is 1. The summed E-state index contributed by atoms with van der Waals surface area (Å²) >= 11 is 1.40. The third kappa shape index (κ3) is 4.72. The molecule has 1 amide bonds. The number of hydrogen-bond donors (Lipinski definition) is 1. The summed E-state index contributed by atoms with van der Waals surface area (Å²) in [7, 11) is 0. The molecule has 0 radical (unpaired) electrons. The van der Waals surface area contributed by atoms with Gasteiger partial charge in [0, 0.05) is 18.5 Å². The molecule has 4 nitrogen and oxygen atoms in total. The lowest BCUT2D eigenvalue weighted by atomic mass is 10.2. The van der Waals surface area contributed by atoms with Crippen LogP contribution in [-0.2, 0) is 4.79 Å². The summed E-state index contributed by atoms with van der Waals surface area (Å²) < 4.78 is 5.33. The van der Waals surface area contributed by atoms with Crippen molar-refractivity contribution >= 4 is 28.7 Å². The van der Waals surface area contributed by atoms with Crippen LogP contribution in [0, 0.1) is 0 Å². The molecule has 5 heteroatoms. The van der Waals surface area contributed by atoms with Crippen molar-refractivity contribution in [2.45, 2.75) is 19.8 Å². The molecule has 0 aliphatic heterocycles. The summed E-state index contributed by atoms with van der Waals surface area (Å²) in [6, 6.07) is 10.8. The predicted octanol–water partition coefficient (Wildman–Crippen LogP) is 3.75. The average Bonchev–Trinajstić information content (AvgIpc) is 3.01. The molecule has 0 spiro atoms. The van der Waals surface area contributed by atoms with Crippen LogP contribution in [0.2, 0.25) is 0 Å². The number of thiophene rings is 1. The molecular formula is C16H17NO3S. The Hall–Kier alpha value is -2.14. The van der Waals surface area contributed by atoms with Crippen molar-refractivity contribution in [3.63, 3.8) is 0 Å². The smallest absolute Gasteiger partial charge is 0.224 e. The first-order valence-electron chi connectivity index (χ1n) is 6.78. The number of nitrogens with one attached hydrogen (secondary N) is 1. The van der Waals surface area contributed by atoms with E-state index in [-0.39, 0.29) is 24.5 Å². The van der Waals surface area contributed by atoms with E-state index >= 15 is 0 Å². The number of amides is 1. The third-order valence-electron chi connectivity index (χ3n) is 2.82. The maximum absolute atomic E-state index is 11.8. The van der Waals surface area contributed by atoms with Gasteiger partial charge in [0.05, 0.1) is 11.5 Å². The number of hydrogen-bond acceptors (Lipinski definition) is 4. The summed E-state index contributed by atoms with van der Waals surface area (Å²) in [5.41, 5.74) is 0.701. The molecule has 2 aromatic rings. The highest BCUT2D eigenvalue weighted by molar-refractivity contribution is 7.12. The first-order valence-corrected chi connectivity index (χ1v) is 7.66. The van der Waals surface area contributed by atoms with E-state index < -0.39 is 0 Å². The Morgan fingerprint density at radius 2 is 1.90 bits per heavy atom. The molecule has 0 unspecified atom stereocenters. The maximum Gasteiger partial charge on any atom is 0.224 e. The fourth-order valence-corrected chi connectivity index (χ4v) is 2.51. The number of ketones is 1. The zero-order chi connectivity index (χ0) is 15.1. The number of carbonyl (C=O) groups is 2. The van der Waals surface area contributed by atoms with Crippen LogP contribution >= 0.6 is 11.3 Å².